The molecule has 3 aromatic rings. The van der Waals surface area contributed by atoms with Gasteiger partial charge >= 0.3 is 5.97 Å². The van der Waals surface area contributed by atoms with E-state index in [4.69, 9.17) is 4.74 Å². The van der Waals surface area contributed by atoms with Gasteiger partial charge < -0.3 is 9.84 Å². The number of ether oxygens (including phenoxy) is 1. The molecular formula is C28H25NO5. The molecule has 172 valence electrons. The van der Waals surface area contributed by atoms with Gasteiger partial charge in [-0.15, -0.1) is 0 Å². The third kappa shape index (κ3) is 4.35. The third-order valence-electron chi connectivity index (χ3n) is 5.67. The number of ketones is 1. The summed E-state index contributed by atoms with van der Waals surface area (Å²) >= 11 is 0. The minimum absolute atomic E-state index is 0.0215. The molecule has 1 heterocycles. The first-order valence-corrected chi connectivity index (χ1v) is 11.1. The Balaban J connectivity index is 1.82. The molecule has 1 aliphatic rings. The Morgan fingerprint density at radius 1 is 0.941 bits per heavy atom. The van der Waals surface area contributed by atoms with Crippen molar-refractivity contribution in [2.24, 2.45) is 0 Å². The van der Waals surface area contributed by atoms with Gasteiger partial charge in [0.15, 0.2) is 0 Å². The van der Waals surface area contributed by atoms with Crippen LogP contribution in [-0.4, -0.2) is 29.4 Å². The highest BCUT2D eigenvalue weighted by atomic mass is 16.5. The number of aliphatic hydroxyl groups excluding tert-OH is 1. The lowest BCUT2D eigenvalue weighted by atomic mass is 9.94. The van der Waals surface area contributed by atoms with Crippen molar-refractivity contribution in [2.75, 3.05) is 11.5 Å². The summed E-state index contributed by atoms with van der Waals surface area (Å²) in [5.41, 5.74) is 2.92. The minimum Gasteiger partial charge on any atom is -0.507 e. The van der Waals surface area contributed by atoms with Gasteiger partial charge in [0.2, 0.25) is 0 Å². The predicted octanol–water partition coefficient (Wildman–Crippen LogP) is 5.19. The molecule has 0 radical (unpaired) electrons. The van der Waals surface area contributed by atoms with E-state index < -0.39 is 23.7 Å². The summed E-state index contributed by atoms with van der Waals surface area (Å²) in [6, 6.07) is 21.7. The van der Waals surface area contributed by atoms with Gasteiger partial charge in [-0.2, -0.15) is 0 Å². The van der Waals surface area contributed by atoms with Crippen LogP contribution < -0.4 is 4.90 Å². The number of amides is 1. The second-order valence-electron chi connectivity index (χ2n) is 8.13. The number of anilines is 1. The molecule has 6 nitrogen and oxygen atoms in total. The van der Waals surface area contributed by atoms with Crippen LogP contribution >= 0.6 is 0 Å². The highest BCUT2D eigenvalue weighted by molar-refractivity contribution is 6.51. The number of benzene rings is 3. The van der Waals surface area contributed by atoms with E-state index in [9.17, 15) is 19.5 Å². The fourth-order valence-electron chi connectivity index (χ4n) is 4.04. The van der Waals surface area contributed by atoms with Crippen LogP contribution in [0.2, 0.25) is 0 Å². The number of nitrogens with zero attached hydrogens (tertiary/aromatic N) is 1. The standard InChI is InChI=1S/C28H25NO5/c1-3-16-34-28(33)20-12-14-22(15-13-20)29-24(21-11-7-8-18(2)17-21)23(26(31)27(29)32)25(30)19-9-5-4-6-10-19/h4-15,17,24,30H,3,16H2,1-2H3/b25-23+. The van der Waals surface area contributed by atoms with E-state index in [1.165, 1.54) is 4.90 Å². The number of hydrogen-bond donors (Lipinski definition) is 1. The summed E-state index contributed by atoms with van der Waals surface area (Å²) in [6.45, 7) is 4.15. The van der Waals surface area contributed by atoms with Crippen LogP contribution in [0.25, 0.3) is 5.76 Å². The lowest BCUT2D eigenvalue weighted by Gasteiger charge is -2.26. The molecule has 1 N–H and O–H groups in total. The fraction of sp³-hybridized carbons (Fsp3) is 0.179. The van der Waals surface area contributed by atoms with Gasteiger partial charge in [-0.25, -0.2) is 4.79 Å². The van der Waals surface area contributed by atoms with Crippen molar-refractivity contribution in [3.8, 4) is 0 Å². The number of esters is 1. The predicted molar refractivity (Wildman–Crippen MR) is 129 cm³/mol. The Bertz CT molecular complexity index is 1260. The van der Waals surface area contributed by atoms with Crippen molar-refractivity contribution in [3.05, 3.63) is 107 Å². The summed E-state index contributed by atoms with van der Waals surface area (Å²) < 4.78 is 5.17. The Kier molecular flexibility index (Phi) is 6.59. The quantitative estimate of drug-likeness (QED) is 0.239. The van der Waals surface area contributed by atoms with Crippen LogP contribution in [0.1, 0.15) is 46.4 Å². The highest BCUT2D eigenvalue weighted by Crippen LogP contribution is 2.42. The van der Waals surface area contributed by atoms with E-state index in [0.29, 0.717) is 35.4 Å². The average molecular weight is 456 g/mol. The van der Waals surface area contributed by atoms with E-state index >= 15 is 0 Å². The van der Waals surface area contributed by atoms with Gasteiger partial charge in [0.25, 0.3) is 11.7 Å². The molecule has 34 heavy (non-hydrogen) atoms. The first-order chi connectivity index (χ1) is 16.4. The van der Waals surface area contributed by atoms with Gasteiger partial charge in [-0.3, -0.25) is 14.5 Å². The SMILES string of the molecule is CCCOC(=O)c1ccc(N2C(=O)C(=O)/C(=C(/O)c3ccccc3)C2c2cccc(C)c2)cc1. The van der Waals surface area contributed by atoms with Crippen LogP contribution in [0, 0.1) is 6.92 Å². The lowest BCUT2D eigenvalue weighted by Crippen LogP contribution is -2.29. The average Bonchev–Trinajstić information content (AvgIpc) is 3.13. The second kappa shape index (κ2) is 9.75. The number of rotatable bonds is 6. The molecule has 1 unspecified atom stereocenters. The minimum atomic E-state index is -0.821. The van der Waals surface area contributed by atoms with Crippen molar-refractivity contribution < 1.29 is 24.2 Å². The normalized spacial score (nSPS) is 17.1. The number of aryl methyl sites for hydroxylation is 1. The molecular weight excluding hydrogens is 430 g/mol. The first-order valence-electron chi connectivity index (χ1n) is 11.1. The molecule has 1 saturated heterocycles. The zero-order valence-electron chi connectivity index (χ0n) is 19.0. The summed E-state index contributed by atoms with van der Waals surface area (Å²) in [4.78, 5) is 39.9. The van der Waals surface area contributed by atoms with Crippen molar-refractivity contribution in [1.82, 2.24) is 0 Å². The maximum atomic E-state index is 13.2. The van der Waals surface area contributed by atoms with Crippen LogP contribution in [0.4, 0.5) is 5.69 Å². The van der Waals surface area contributed by atoms with E-state index in [-0.39, 0.29) is 11.3 Å². The van der Waals surface area contributed by atoms with Gasteiger partial charge in [0.05, 0.1) is 23.8 Å². The highest BCUT2D eigenvalue weighted by Gasteiger charge is 2.47. The Hall–Kier alpha value is -4.19. The van der Waals surface area contributed by atoms with Crippen molar-refractivity contribution in [3.63, 3.8) is 0 Å². The molecule has 1 amide bonds. The summed E-state index contributed by atoms with van der Waals surface area (Å²) in [6.07, 6.45) is 0.715. The van der Waals surface area contributed by atoms with E-state index in [1.807, 2.05) is 38.1 Å². The van der Waals surface area contributed by atoms with E-state index in [2.05, 4.69) is 0 Å². The van der Waals surface area contributed by atoms with Gasteiger partial charge in [-0.05, 0) is 43.2 Å². The number of carbonyl (C=O) groups is 3. The van der Waals surface area contributed by atoms with Crippen molar-refractivity contribution >= 4 is 29.1 Å². The summed E-state index contributed by atoms with van der Waals surface area (Å²) in [7, 11) is 0. The number of Topliss-reactive ketones (excluding diaryl/α,β-unsaturated/α-hetero) is 1. The molecule has 1 aliphatic heterocycles. The number of aliphatic hydroxyl groups is 1. The topological polar surface area (TPSA) is 83.9 Å². The lowest BCUT2D eigenvalue weighted by molar-refractivity contribution is -0.132. The molecule has 4 rings (SSSR count). The first kappa shape index (κ1) is 23.0. The zero-order chi connectivity index (χ0) is 24.2. The Morgan fingerprint density at radius 2 is 1.65 bits per heavy atom. The molecule has 1 atom stereocenters. The van der Waals surface area contributed by atoms with Crippen molar-refractivity contribution in [2.45, 2.75) is 26.3 Å². The van der Waals surface area contributed by atoms with Gasteiger partial charge in [0.1, 0.15) is 5.76 Å². The molecule has 0 aliphatic carbocycles. The molecule has 0 aromatic heterocycles. The zero-order valence-corrected chi connectivity index (χ0v) is 19.0. The van der Waals surface area contributed by atoms with Crippen molar-refractivity contribution in [1.29, 1.82) is 0 Å². The maximum Gasteiger partial charge on any atom is 0.338 e. The van der Waals surface area contributed by atoms with Crippen LogP contribution in [0.15, 0.2) is 84.4 Å². The molecule has 6 heteroatoms. The molecule has 0 bridgehead atoms. The third-order valence-corrected chi connectivity index (χ3v) is 5.67. The summed E-state index contributed by atoms with van der Waals surface area (Å²) in [5, 5.41) is 11.1. The van der Waals surface area contributed by atoms with Crippen LogP contribution in [-0.2, 0) is 14.3 Å². The van der Waals surface area contributed by atoms with E-state index in [0.717, 1.165) is 5.56 Å². The largest absolute Gasteiger partial charge is 0.507 e. The van der Waals surface area contributed by atoms with E-state index in [1.54, 1.807) is 54.6 Å². The van der Waals surface area contributed by atoms with Gasteiger partial charge in [-0.1, -0.05) is 67.1 Å². The molecule has 0 saturated carbocycles. The van der Waals surface area contributed by atoms with Crippen LogP contribution in [0.3, 0.4) is 0 Å². The monoisotopic (exact) mass is 455 g/mol. The number of carbonyl (C=O) groups excluding carboxylic acids is 3. The number of hydrogen-bond acceptors (Lipinski definition) is 5. The molecule has 0 spiro atoms. The Labute approximate surface area is 198 Å². The smallest absolute Gasteiger partial charge is 0.338 e. The Morgan fingerprint density at radius 3 is 2.29 bits per heavy atom. The van der Waals surface area contributed by atoms with Crippen LogP contribution in [0.5, 0.6) is 0 Å². The molecule has 3 aromatic carbocycles. The van der Waals surface area contributed by atoms with Gasteiger partial charge in [0, 0.05) is 11.3 Å². The fourth-order valence-corrected chi connectivity index (χ4v) is 4.04. The second-order valence-corrected chi connectivity index (χ2v) is 8.13. The molecule has 1 fully saturated rings. The maximum absolute atomic E-state index is 13.2. The summed E-state index contributed by atoms with van der Waals surface area (Å²) in [5.74, 6) is -2.19.